The van der Waals surface area contributed by atoms with Gasteiger partial charge in [-0.2, -0.15) is 8.78 Å². The zero-order valence-electron chi connectivity index (χ0n) is 13.5. The van der Waals surface area contributed by atoms with Crippen molar-refractivity contribution in [1.29, 1.82) is 0 Å². The molecule has 122 valence electrons. The number of rotatable bonds is 5. The molecule has 0 amide bonds. The van der Waals surface area contributed by atoms with E-state index in [-0.39, 0.29) is 11.7 Å². The largest absolute Gasteiger partial charge is 0.433 e. The van der Waals surface area contributed by atoms with Gasteiger partial charge in [-0.05, 0) is 30.0 Å². The fourth-order valence-corrected chi connectivity index (χ4v) is 2.69. The van der Waals surface area contributed by atoms with E-state index in [2.05, 4.69) is 17.7 Å². The third-order valence-electron chi connectivity index (χ3n) is 3.87. The van der Waals surface area contributed by atoms with E-state index in [1.165, 1.54) is 17.7 Å². The molecule has 2 rings (SSSR count). The van der Waals surface area contributed by atoms with E-state index >= 15 is 0 Å². The molecule has 0 aliphatic heterocycles. The maximum Gasteiger partial charge on any atom is 0.394 e. The predicted octanol–water partition coefficient (Wildman–Crippen LogP) is 5.05. The van der Waals surface area contributed by atoms with Gasteiger partial charge in [0.2, 0.25) is 0 Å². The smallest absolute Gasteiger partial charge is 0.394 e. The van der Waals surface area contributed by atoms with E-state index in [0.717, 1.165) is 6.42 Å². The fourth-order valence-electron chi connectivity index (χ4n) is 2.69. The Kier molecular flexibility index (Phi) is 5.17. The highest BCUT2D eigenvalue weighted by atomic mass is 19.3. The molecule has 1 aromatic rings. The van der Waals surface area contributed by atoms with Crippen LogP contribution in [0.1, 0.15) is 32.8 Å². The van der Waals surface area contributed by atoms with Crippen LogP contribution in [0.2, 0.25) is 0 Å². The van der Waals surface area contributed by atoms with Crippen molar-refractivity contribution >= 4 is 11.5 Å². The van der Waals surface area contributed by atoms with Crippen molar-refractivity contribution in [2.75, 3.05) is 0 Å². The fraction of sp³-hybridized carbons (Fsp3) is 0.368. The SMILES string of the molecule is CC1C=CC=C(C(C)C(=C=O)c2ccc(OC(C)(F)F)cc2)C1. The van der Waals surface area contributed by atoms with Crippen LogP contribution < -0.4 is 4.74 Å². The molecule has 0 heterocycles. The van der Waals surface area contributed by atoms with Gasteiger partial charge < -0.3 is 4.74 Å². The summed E-state index contributed by atoms with van der Waals surface area (Å²) in [5.74, 6) is 2.44. The normalized spacial score (nSPS) is 18.8. The summed E-state index contributed by atoms with van der Waals surface area (Å²) in [6.45, 7) is 4.77. The van der Waals surface area contributed by atoms with Crippen LogP contribution in [0, 0.1) is 11.8 Å². The van der Waals surface area contributed by atoms with Crippen LogP contribution in [0.25, 0.3) is 5.57 Å². The second-order valence-corrected chi connectivity index (χ2v) is 5.98. The Bertz CT molecular complexity index is 660. The Balaban J connectivity index is 2.20. The number of alkyl halides is 2. The van der Waals surface area contributed by atoms with Gasteiger partial charge >= 0.3 is 6.11 Å². The lowest BCUT2D eigenvalue weighted by Gasteiger charge is -2.21. The molecule has 0 spiro atoms. The number of benzene rings is 1. The first-order chi connectivity index (χ1) is 10.8. The van der Waals surface area contributed by atoms with Crippen LogP contribution in [0.15, 0.2) is 48.1 Å². The number of ether oxygens (including phenoxy) is 1. The van der Waals surface area contributed by atoms with Crippen LogP contribution in [0.3, 0.4) is 0 Å². The molecule has 0 N–H and O–H groups in total. The number of hydrogen-bond acceptors (Lipinski definition) is 2. The molecule has 0 fully saturated rings. The summed E-state index contributed by atoms with van der Waals surface area (Å²) >= 11 is 0. The standard InChI is InChI=1S/C19H20F2O2/c1-13-5-4-6-16(11-13)14(2)18(12-22)15-7-9-17(10-8-15)23-19(3,20)21/h4-10,13-14H,11H2,1-3H3. The van der Waals surface area contributed by atoms with Crippen molar-refractivity contribution in [3.8, 4) is 5.75 Å². The van der Waals surface area contributed by atoms with Crippen molar-refractivity contribution in [1.82, 2.24) is 0 Å². The lowest BCUT2D eigenvalue weighted by molar-refractivity contribution is -0.158. The number of allylic oxidation sites excluding steroid dienone is 5. The summed E-state index contributed by atoms with van der Waals surface area (Å²) in [6.07, 6.45) is 3.82. The molecule has 0 saturated heterocycles. The Morgan fingerprint density at radius 2 is 2.00 bits per heavy atom. The average Bonchev–Trinajstić information content (AvgIpc) is 2.48. The Morgan fingerprint density at radius 1 is 1.35 bits per heavy atom. The molecule has 0 radical (unpaired) electrons. The first kappa shape index (κ1) is 17.2. The third kappa shape index (κ3) is 4.64. The highest BCUT2D eigenvalue weighted by molar-refractivity contribution is 5.90. The summed E-state index contributed by atoms with van der Waals surface area (Å²) in [5, 5.41) is 0. The van der Waals surface area contributed by atoms with Crippen molar-refractivity contribution in [2.24, 2.45) is 11.8 Å². The highest BCUT2D eigenvalue weighted by Gasteiger charge is 2.23. The molecule has 23 heavy (non-hydrogen) atoms. The first-order valence-corrected chi connectivity index (χ1v) is 7.59. The van der Waals surface area contributed by atoms with E-state index in [4.69, 9.17) is 0 Å². The van der Waals surface area contributed by atoms with Gasteiger partial charge in [-0.1, -0.05) is 49.8 Å². The molecule has 0 bridgehead atoms. The molecule has 1 aromatic carbocycles. The zero-order valence-corrected chi connectivity index (χ0v) is 13.5. The number of halogens is 2. The second kappa shape index (κ2) is 6.93. The molecule has 2 atom stereocenters. The quantitative estimate of drug-likeness (QED) is 0.710. The molecule has 0 saturated carbocycles. The van der Waals surface area contributed by atoms with Crippen molar-refractivity contribution in [3.05, 3.63) is 53.6 Å². The number of hydrogen-bond donors (Lipinski definition) is 0. The monoisotopic (exact) mass is 318 g/mol. The summed E-state index contributed by atoms with van der Waals surface area (Å²) in [5.41, 5.74) is 2.36. The summed E-state index contributed by atoms with van der Waals surface area (Å²) in [4.78, 5) is 11.4. The van der Waals surface area contributed by atoms with Crippen LogP contribution in [0.4, 0.5) is 8.78 Å². The van der Waals surface area contributed by atoms with Gasteiger partial charge in [-0.25, -0.2) is 4.79 Å². The Morgan fingerprint density at radius 3 is 2.52 bits per heavy atom. The van der Waals surface area contributed by atoms with Gasteiger partial charge in [0.1, 0.15) is 11.7 Å². The molecule has 1 aliphatic rings. The van der Waals surface area contributed by atoms with E-state index in [1.807, 2.05) is 25.0 Å². The van der Waals surface area contributed by atoms with Gasteiger partial charge in [0.15, 0.2) is 0 Å². The average molecular weight is 318 g/mol. The molecule has 1 aliphatic carbocycles. The maximum atomic E-state index is 12.8. The van der Waals surface area contributed by atoms with Gasteiger partial charge in [-0.3, -0.25) is 0 Å². The van der Waals surface area contributed by atoms with E-state index in [1.54, 1.807) is 12.1 Å². The summed E-state index contributed by atoms with van der Waals surface area (Å²) in [6, 6.07) is 6.10. The summed E-state index contributed by atoms with van der Waals surface area (Å²) in [7, 11) is 0. The Labute approximate surface area is 135 Å². The molecule has 2 unspecified atom stereocenters. The van der Waals surface area contributed by atoms with Gasteiger partial charge in [0, 0.05) is 12.8 Å². The molecule has 2 nitrogen and oxygen atoms in total. The predicted molar refractivity (Wildman–Crippen MR) is 87.0 cm³/mol. The van der Waals surface area contributed by atoms with Crippen molar-refractivity contribution in [3.63, 3.8) is 0 Å². The van der Waals surface area contributed by atoms with Gasteiger partial charge in [-0.15, -0.1) is 0 Å². The van der Waals surface area contributed by atoms with Crippen LogP contribution in [-0.2, 0) is 4.79 Å². The topological polar surface area (TPSA) is 26.3 Å². The molecule has 0 aromatic heterocycles. The molecular weight excluding hydrogens is 298 g/mol. The zero-order chi connectivity index (χ0) is 17.0. The maximum absolute atomic E-state index is 12.8. The van der Waals surface area contributed by atoms with E-state index in [0.29, 0.717) is 24.0 Å². The highest BCUT2D eigenvalue weighted by Crippen LogP contribution is 2.33. The van der Waals surface area contributed by atoms with E-state index < -0.39 is 6.11 Å². The third-order valence-corrected chi connectivity index (χ3v) is 3.87. The second-order valence-electron chi connectivity index (χ2n) is 5.98. The van der Waals surface area contributed by atoms with E-state index in [9.17, 15) is 13.6 Å². The number of carbonyl (C=O) groups excluding carboxylic acids is 1. The lowest BCUT2D eigenvalue weighted by atomic mass is 9.82. The van der Waals surface area contributed by atoms with Crippen LogP contribution in [-0.4, -0.2) is 12.0 Å². The minimum atomic E-state index is -3.23. The van der Waals surface area contributed by atoms with Crippen LogP contribution >= 0.6 is 0 Å². The minimum Gasteiger partial charge on any atom is -0.433 e. The van der Waals surface area contributed by atoms with Crippen molar-refractivity contribution < 1.29 is 18.3 Å². The lowest BCUT2D eigenvalue weighted by Crippen LogP contribution is -2.19. The van der Waals surface area contributed by atoms with Gasteiger partial charge in [0.25, 0.3) is 0 Å². The van der Waals surface area contributed by atoms with Crippen LogP contribution in [0.5, 0.6) is 5.75 Å². The Hall–Kier alpha value is -2.19. The molecular formula is C19H20F2O2. The first-order valence-electron chi connectivity index (χ1n) is 7.59. The van der Waals surface area contributed by atoms with Gasteiger partial charge in [0.05, 0.1) is 5.57 Å². The molecule has 4 heteroatoms. The summed E-state index contributed by atoms with van der Waals surface area (Å²) < 4.78 is 30.2. The minimum absolute atomic E-state index is 0.0626. The van der Waals surface area contributed by atoms with Crippen molar-refractivity contribution in [2.45, 2.75) is 33.3 Å².